The maximum absolute atomic E-state index is 13.3. The molecule has 0 bridgehead atoms. The van der Waals surface area contributed by atoms with E-state index in [0.29, 0.717) is 0 Å². The van der Waals surface area contributed by atoms with Crippen molar-refractivity contribution in [3.05, 3.63) is 66.2 Å². The number of para-hydroxylation sites is 1. The standard InChI is InChI=1S/C20H25NO2Si/c1-24(2,3)23-19(22)20(17-11-6-4-7-12-17)15-10-16-21(20)18-13-8-5-9-14-18/h4-9,11-14H,10,15-16H2,1-3H3. The number of hydrogen-bond acceptors (Lipinski definition) is 3. The lowest BCUT2D eigenvalue weighted by atomic mass is 9.87. The number of anilines is 1. The average Bonchev–Trinajstić information content (AvgIpc) is 3.01. The normalized spacial score (nSPS) is 20.9. The fourth-order valence-electron chi connectivity index (χ4n) is 3.48. The molecule has 0 N–H and O–H groups in total. The van der Waals surface area contributed by atoms with Crippen molar-refractivity contribution in [2.75, 3.05) is 11.4 Å². The van der Waals surface area contributed by atoms with Crippen molar-refractivity contribution in [1.82, 2.24) is 0 Å². The number of rotatable bonds is 4. The minimum atomic E-state index is -1.97. The number of carbonyl (C=O) groups excluding carboxylic acids is 1. The third kappa shape index (κ3) is 3.11. The zero-order chi connectivity index (χ0) is 17.2. The Hall–Kier alpha value is -2.07. The number of nitrogens with zero attached hydrogens (tertiary/aromatic N) is 1. The molecule has 126 valence electrons. The van der Waals surface area contributed by atoms with Crippen LogP contribution in [0.1, 0.15) is 18.4 Å². The van der Waals surface area contributed by atoms with Gasteiger partial charge in [0.05, 0.1) is 0 Å². The Balaban J connectivity index is 2.10. The molecule has 1 aliphatic rings. The summed E-state index contributed by atoms with van der Waals surface area (Å²) in [5.74, 6) is -0.103. The van der Waals surface area contributed by atoms with E-state index in [4.69, 9.17) is 4.43 Å². The van der Waals surface area contributed by atoms with Crippen LogP contribution < -0.4 is 4.90 Å². The van der Waals surface area contributed by atoms with Crippen LogP contribution >= 0.6 is 0 Å². The number of benzene rings is 2. The maximum Gasteiger partial charge on any atom is 0.323 e. The Morgan fingerprint density at radius 1 is 1.00 bits per heavy atom. The Labute approximate surface area is 145 Å². The molecule has 2 aromatic rings. The molecule has 0 spiro atoms. The van der Waals surface area contributed by atoms with Gasteiger partial charge in [-0.1, -0.05) is 48.5 Å². The van der Waals surface area contributed by atoms with Crippen molar-refractivity contribution in [3.63, 3.8) is 0 Å². The van der Waals surface area contributed by atoms with Crippen LogP contribution in [0.5, 0.6) is 0 Å². The smallest absolute Gasteiger partial charge is 0.323 e. The van der Waals surface area contributed by atoms with E-state index in [1.165, 1.54) is 0 Å². The first-order valence-corrected chi connectivity index (χ1v) is 12.0. The predicted molar refractivity (Wildman–Crippen MR) is 101 cm³/mol. The second-order valence-electron chi connectivity index (χ2n) is 7.32. The fraction of sp³-hybridized carbons (Fsp3) is 0.350. The van der Waals surface area contributed by atoms with E-state index in [0.717, 1.165) is 30.6 Å². The number of carbonyl (C=O) groups is 1. The first-order chi connectivity index (χ1) is 11.4. The van der Waals surface area contributed by atoms with E-state index in [1.807, 2.05) is 48.5 Å². The molecule has 1 saturated heterocycles. The van der Waals surface area contributed by atoms with Gasteiger partial charge < -0.3 is 9.33 Å². The zero-order valence-electron chi connectivity index (χ0n) is 14.7. The van der Waals surface area contributed by atoms with Crippen LogP contribution in [0.2, 0.25) is 19.6 Å². The van der Waals surface area contributed by atoms with Gasteiger partial charge in [-0.15, -0.1) is 0 Å². The summed E-state index contributed by atoms with van der Waals surface area (Å²) in [6.45, 7) is 7.04. The Morgan fingerprint density at radius 2 is 1.58 bits per heavy atom. The topological polar surface area (TPSA) is 29.5 Å². The van der Waals surface area contributed by atoms with Gasteiger partial charge in [-0.2, -0.15) is 0 Å². The molecular weight excluding hydrogens is 314 g/mol. The van der Waals surface area contributed by atoms with E-state index >= 15 is 0 Å². The minimum Gasteiger partial charge on any atom is -0.518 e. The van der Waals surface area contributed by atoms with Crippen LogP contribution in [-0.4, -0.2) is 20.8 Å². The van der Waals surface area contributed by atoms with Gasteiger partial charge in [0.2, 0.25) is 8.32 Å². The highest BCUT2D eigenvalue weighted by atomic mass is 28.4. The molecule has 0 aromatic heterocycles. The lowest BCUT2D eigenvalue weighted by Gasteiger charge is -2.40. The minimum absolute atomic E-state index is 0.103. The van der Waals surface area contributed by atoms with Crippen molar-refractivity contribution in [2.45, 2.75) is 38.0 Å². The molecule has 0 radical (unpaired) electrons. The molecule has 2 aromatic carbocycles. The van der Waals surface area contributed by atoms with Crippen LogP contribution in [0.3, 0.4) is 0 Å². The van der Waals surface area contributed by atoms with Gasteiger partial charge in [-0.05, 0) is 50.2 Å². The van der Waals surface area contributed by atoms with Crippen molar-refractivity contribution >= 4 is 20.0 Å². The number of hydrogen-bond donors (Lipinski definition) is 0. The summed E-state index contributed by atoms with van der Waals surface area (Å²) in [6.07, 6.45) is 1.76. The SMILES string of the molecule is C[Si](C)(C)OC(=O)C1(c2ccccc2)CCCN1c1ccccc1. The van der Waals surface area contributed by atoms with Crippen LogP contribution in [0, 0.1) is 0 Å². The third-order valence-corrected chi connectivity index (χ3v) is 5.23. The molecule has 0 aliphatic carbocycles. The van der Waals surface area contributed by atoms with E-state index in [1.54, 1.807) is 0 Å². The van der Waals surface area contributed by atoms with Gasteiger partial charge in [0.25, 0.3) is 0 Å². The van der Waals surface area contributed by atoms with Crippen LogP contribution in [0.25, 0.3) is 0 Å². The van der Waals surface area contributed by atoms with Crippen molar-refractivity contribution in [1.29, 1.82) is 0 Å². The van der Waals surface area contributed by atoms with Crippen LogP contribution in [0.15, 0.2) is 60.7 Å². The first kappa shape index (κ1) is 16.8. The summed E-state index contributed by atoms with van der Waals surface area (Å²) >= 11 is 0. The lowest BCUT2D eigenvalue weighted by Crippen LogP contribution is -2.51. The second kappa shape index (κ2) is 6.44. The molecule has 1 fully saturated rings. The van der Waals surface area contributed by atoms with Crippen molar-refractivity contribution in [2.24, 2.45) is 0 Å². The summed E-state index contributed by atoms with van der Waals surface area (Å²) in [7, 11) is -1.97. The van der Waals surface area contributed by atoms with Gasteiger partial charge in [0.1, 0.15) is 0 Å². The molecule has 3 rings (SSSR count). The fourth-order valence-corrected chi connectivity index (χ4v) is 4.21. The largest absolute Gasteiger partial charge is 0.518 e. The third-order valence-electron chi connectivity index (χ3n) is 4.44. The molecule has 4 heteroatoms. The summed E-state index contributed by atoms with van der Waals surface area (Å²) in [4.78, 5) is 15.6. The van der Waals surface area contributed by atoms with Gasteiger partial charge >= 0.3 is 5.97 Å². The summed E-state index contributed by atoms with van der Waals surface area (Å²) < 4.78 is 5.99. The molecule has 3 nitrogen and oxygen atoms in total. The average molecular weight is 340 g/mol. The molecule has 1 unspecified atom stereocenters. The Bertz CT molecular complexity index is 697. The lowest BCUT2D eigenvalue weighted by molar-refractivity contribution is -0.141. The Kier molecular flexibility index (Phi) is 4.50. The Morgan fingerprint density at radius 3 is 2.17 bits per heavy atom. The van der Waals surface area contributed by atoms with E-state index < -0.39 is 13.9 Å². The molecule has 0 saturated carbocycles. The quantitative estimate of drug-likeness (QED) is 0.765. The summed E-state index contributed by atoms with van der Waals surface area (Å²) in [6, 6.07) is 20.3. The summed E-state index contributed by atoms with van der Waals surface area (Å²) in [5.41, 5.74) is 1.38. The van der Waals surface area contributed by atoms with Gasteiger partial charge in [0, 0.05) is 12.2 Å². The highest BCUT2D eigenvalue weighted by molar-refractivity contribution is 6.71. The van der Waals surface area contributed by atoms with Gasteiger partial charge in [-0.3, -0.25) is 4.79 Å². The van der Waals surface area contributed by atoms with Gasteiger partial charge in [-0.25, -0.2) is 0 Å². The highest BCUT2D eigenvalue weighted by Crippen LogP contribution is 2.43. The molecule has 1 heterocycles. The maximum atomic E-state index is 13.3. The van der Waals surface area contributed by atoms with Crippen LogP contribution in [-0.2, 0) is 14.8 Å². The first-order valence-electron chi connectivity index (χ1n) is 8.55. The zero-order valence-corrected chi connectivity index (χ0v) is 15.7. The molecule has 0 amide bonds. The van der Waals surface area contributed by atoms with Crippen LogP contribution in [0.4, 0.5) is 5.69 Å². The molecule has 1 aliphatic heterocycles. The van der Waals surface area contributed by atoms with Crippen molar-refractivity contribution < 1.29 is 9.22 Å². The summed E-state index contributed by atoms with van der Waals surface area (Å²) in [5, 5.41) is 0. The molecule has 24 heavy (non-hydrogen) atoms. The highest BCUT2D eigenvalue weighted by Gasteiger charge is 2.51. The van der Waals surface area contributed by atoms with Crippen molar-refractivity contribution in [3.8, 4) is 0 Å². The molecular formula is C20H25NO2Si. The second-order valence-corrected chi connectivity index (χ2v) is 11.7. The van der Waals surface area contributed by atoms with E-state index in [2.05, 4.69) is 36.7 Å². The van der Waals surface area contributed by atoms with E-state index in [-0.39, 0.29) is 5.97 Å². The predicted octanol–water partition coefficient (Wildman–Crippen LogP) is 4.56. The van der Waals surface area contributed by atoms with E-state index in [9.17, 15) is 4.79 Å². The van der Waals surface area contributed by atoms with Gasteiger partial charge in [0.15, 0.2) is 5.54 Å². The monoisotopic (exact) mass is 339 g/mol. The molecule has 1 atom stereocenters.